The number of nitrogens with zero attached hydrogens (tertiary/aromatic N) is 5. The number of carbonyl (C=O) groups is 1. The molecule has 0 spiro atoms. The second-order valence-corrected chi connectivity index (χ2v) is 7.02. The number of nitrogens with one attached hydrogen (secondary N) is 1. The van der Waals surface area contributed by atoms with E-state index in [1.165, 1.54) is 11.6 Å². The topological polar surface area (TPSA) is 64.1 Å². The van der Waals surface area contributed by atoms with Crippen molar-refractivity contribution in [2.24, 2.45) is 4.99 Å². The summed E-state index contributed by atoms with van der Waals surface area (Å²) in [6.07, 6.45) is 4.44. The first-order valence-electron chi connectivity index (χ1n) is 9.35. The molecule has 1 aromatic heterocycles. The number of hydrogen-bond donors (Lipinski definition) is 1. The van der Waals surface area contributed by atoms with Crippen molar-refractivity contribution in [3.8, 4) is 0 Å². The molecule has 1 N–H and O–H groups in total. The number of piperazine rings is 1. The minimum absolute atomic E-state index is 0.271. The lowest BCUT2D eigenvalue weighted by Crippen LogP contribution is -2.52. The summed E-state index contributed by atoms with van der Waals surface area (Å²) in [5.74, 6) is 1.24. The van der Waals surface area contributed by atoms with E-state index in [-0.39, 0.29) is 5.82 Å². The van der Waals surface area contributed by atoms with E-state index in [0.29, 0.717) is 37.7 Å². The summed E-state index contributed by atoms with van der Waals surface area (Å²) in [6.45, 7) is 6.47. The van der Waals surface area contributed by atoms with Gasteiger partial charge in [0.15, 0.2) is 0 Å². The predicted octanol–water partition coefficient (Wildman–Crippen LogP) is 1.40. The molecule has 2 aliphatic heterocycles. The molecule has 2 aliphatic rings. The molecule has 0 aromatic carbocycles. The Bertz CT molecular complexity index is 727. The van der Waals surface area contributed by atoms with E-state index in [1.807, 2.05) is 7.05 Å². The maximum Gasteiger partial charge on any atom is 0.213 e. The van der Waals surface area contributed by atoms with Gasteiger partial charge in [0.25, 0.3) is 0 Å². The Kier molecular flexibility index (Phi) is 6.39. The zero-order chi connectivity index (χ0) is 19.2. The molecule has 146 valence electrons. The molecular formula is C19H27FN6O. The highest BCUT2D eigenvalue weighted by molar-refractivity contribution is 5.89. The van der Waals surface area contributed by atoms with E-state index < -0.39 is 0 Å². The fourth-order valence-corrected chi connectivity index (χ4v) is 3.52. The van der Waals surface area contributed by atoms with Gasteiger partial charge < -0.3 is 9.80 Å². The Balaban J connectivity index is 1.66. The van der Waals surface area contributed by atoms with Gasteiger partial charge in [0, 0.05) is 52.5 Å². The molecule has 1 amide bonds. The minimum atomic E-state index is -0.271. The van der Waals surface area contributed by atoms with Gasteiger partial charge in [-0.3, -0.25) is 20.0 Å². The van der Waals surface area contributed by atoms with Crippen LogP contribution in [0.25, 0.3) is 0 Å². The largest absolute Gasteiger partial charge is 0.360 e. The molecule has 0 bridgehead atoms. The van der Waals surface area contributed by atoms with Gasteiger partial charge in [0.05, 0.1) is 5.69 Å². The first-order valence-corrected chi connectivity index (χ1v) is 9.35. The molecule has 7 nitrogen and oxygen atoms in total. The number of halogens is 1. The number of hydrogen-bond acceptors (Lipinski definition) is 5. The summed E-state index contributed by atoms with van der Waals surface area (Å²) in [5.41, 5.74) is 1.70. The van der Waals surface area contributed by atoms with Crippen LogP contribution in [-0.4, -0.2) is 71.8 Å². The van der Waals surface area contributed by atoms with Gasteiger partial charge in [0.2, 0.25) is 12.4 Å². The highest BCUT2D eigenvalue weighted by atomic mass is 19.1. The van der Waals surface area contributed by atoms with Crippen molar-refractivity contribution >= 4 is 12.4 Å². The Morgan fingerprint density at radius 1 is 1.33 bits per heavy atom. The number of allylic oxidation sites excluding steroid dienone is 1. The number of aliphatic imine (C=N–C) groups is 1. The molecule has 0 saturated carbocycles. The van der Waals surface area contributed by atoms with Gasteiger partial charge in [-0.1, -0.05) is 0 Å². The highest BCUT2D eigenvalue weighted by Crippen LogP contribution is 2.21. The molecule has 0 radical (unpaired) electrons. The first kappa shape index (κ1) is 19.3. The van der Waals surface area contributed by atoms with Gasteiger partial charge in [-0.05, 0) is 37.5 Å². The van der Waals surface area contributed by atoms with Crippen LogP contribution in [-0.2, 0) is 11.3 Å². The molecule has 0 aliphatic carbocycles. The van der Waals surface area contributed by atoms with Crippen LogP contribution in [0.5, 0.6) is 0 Å². The average molecular weight is 374 g/mol. The Morgan fingerprint density at radius 2 is 2.11 bits per heavy atom. The number of amides is 1. The molecule has 0 atom stereocenters. The molecule has 0 unspecified atom stereocenters. The molecule has 1 aromatic rings. The van der Waals surface area contributed by atoms with Crippen LogP contribution in [0.4, 0.5) is 4.39 Å². The van der Waals surface area contributed by atoms with Crippen LogP contribution in [0.2, 0.25) is 0 Å². The van der Waals surface area contributed by atoms with Crippen molar-refractivity contribution in [1.29, 1.82) is 0 Å². The number of carbonyl (C=O) groups excluding carboxylic acids is 1. The third-order valence-corrected chi connectivity index (χ3v) is 5.07. The maximum atomic E-state index is 13.8. The summed E-state index contributed by atoms with van der Waals surface area (Å²) in [7, 11) is 2.03. The van der Waals surface area contributed by atoms with Crippen molar-refractivity contribution in [2.75, 3.05) is 39.8 Å². The predicted molar refractivity (Wildman–Crippen MR) is 102 cm³/mol. The van der Waals surface area contributed by atoms with Crippen LogP contribution in [0, 0.1) is 5.82 Å². The van der Waals surface area contributed by atoms with Crippen molar-refractivity contribution in [1.82, 2.24) is 25.0 Å². The fourth-order valence-electron chi connectivity index (χ4n) is 3.52. The van der Waals surface area contributed by atoms with Crippen molar-refractivity contribution in [3.05, 3.63) is 41.2 Å². The lowest BCUT2D eigenvalue weighted by molar-refractivity contribution is -0.108. The van der Waals surface area contributed by atoms with Crippen molar-refractivity contribution in [2.45, 2.75) is 26.3 Å². The van der Waals surface area contributed by atoms with Crippen molar-refractivity contribution in [3.63, 3.8) is 0 Å². The van der Waals surface area contributed by atoms with Crippen LogP contribution >= 0.6 is 0 Å². The standard InChI is InChI=1S/C19H27FN6O/c1-15-5-4-8-24(2)18(15)23-19(22-14-27)26-11-9-25(10-12-26)13-17-16(20)6-3-7-21-17/h3,6-7,14H,4-5,8-13H2,1-2H3,(H,22,23,27). The Hall–Kier alpha value is -2.48. The zero-order valence-electron chi connectivity index (χ0n) is 16.0. The molecule has 27 heavy (non-hydrogen) atoms. The van der Waals surface area contributed by atoms with Gasteiger partial charge in [0.1, 0.15) is 11.6 Å². The second kappa shape index (κ2) is 8.94. The quantitative estimate of drug-likeness (QED) is 0.490. The molecule has 3 heterocycles. The Labute approximate surface area is 159 Å². The lowest BCUT2D eigenvalue weighted by Gasteiger charge is -2.36. The van der Waals surface area contributed by atoms with E-state index in [0.717, 1.165) is 38.3 Å². The number of guanidine groups is 1. The Morgan fingerprint density at radius 3 is 2.78 bits per heavy atom. The maximum absolute atomic E-state index is 13.8. The molecule has 1 fully saturated rings. The molecule has 1 saturated heterocycles. The van der Waals surface area contributed by atoms with Crippen LogP contribution in [0.15, 0.2) is 34.7 Å². The average Bonchev–Trinajstić information content (AvgIpc) is 2.66. The van der Waals surface area contributed by atoms with Crippen molar-refractivity contribution < 1.29 is 9.18 Å². The smallest absolute Gasteiger partial charge is 0.213 e. The summed E-state index contributed by atoms with van der Waals surface area (Å²) >= 11 is 0. The van der Waals surface area contributed by atoms with E-state index in [9.17, 15) is 9.18 Å². The van der Waals surface area contributed by atoms with Gasteiger partial charge in [-0.2, -0.15) is 4.99 Å². The van der Waals surface area contributed by atoms with E-state index in [4.69, 9.17) is 4.99 Å². The number of aromatic nitrogens is 1. The third kappa shape index (κ3) is 4.82. The first-order chi connectivity index (χ1) is 13.1. The van der Waals surface area contributed by atoms with E-state index >= 15 is 0 Å². The van der Waals surface area contributed by atoms with E-state index in [1.54, 1.807) is 12.3 Å². The fraction of sp³-hybridized carbons (Fsp3) is 0.526. The molecule has 3 rings (SSSR count). The van der Waals surface area contributed by atoms with Crippen LogP contribution < -0.4 is 5.32 Å². The zero-order valence-corrected chi connectivity index (χ0v) is 16.0. The van der Waals surface area contributed by atoms with E-state index in [2.05, 4.69) is 31.9 Å². The van der Waals surface area contributed by atoms with Gasteiger partial charge >= 0.3 is 0 Å². The monoisotopic (exact) mass is 374 g/mol. The SMILES string of the molecule is CC1=C(/N=C(\NC=O)N2CCN(Cc3ncccc3F)CC2)N(C)CCC1. The molecular weight excluding hydrogens is 347 g/mol. The minimum Gasteiger partial charge on any atom is -0.360 e. The summed E-state index contributed by atoms with van der Waals surface area (Å²) in [4.78, 5) is 26.3. The number of pyridine rings is 1. The lowest BCUT2D eigenvalue weighted by atomic mass is 10.1. The number of rotatable bonds is 4. The second-order valence-electron chi connectivity index (χ2n) is 7.02. The summed E-state index contributed by atoms with van der Waals surface area (Å²) in [5, 5.41) is 2.76. The highest BCUT2D eigenvalue weighted by Gasteiger charge is 2.22. The van der Waals surface area contributed by atoms with Gasteiger partial charge in [-0.25, -0.2) is 4.39 Å². The van der Waals surface area contributed by atoms with Crippen LogP contribution in [0.3, 0.4) is 0 Å². The third-order valence-electron chi connectivity index (χ3n) is 5.07. The molecule has 8 heteroatoms. The van der Waals surface area contributed by atoms with Crippen LogP contribution in [0.1, 0.15) is 25.5 Å². The normalized spacial score (nSPS) is 19.4. The summed E-state index contributed by atoms with van der Waals surface area (Å²) in [6, 6.07) is 3.04. The summed E-state index contributed by atoms with van der Waals surface area (Å²) < 4.78 is 13.8. The van der Waals surface area contributed by atoms with Gasteiger partial charge in [-0.15, -0.1) is 0 Å².